The van der Waals surface area contributed by atoms with E-state index in [1.165, 1.54) is 31.4 Å². The van der Waals surface area contributed by atoms with Gasteiger partial charge in [-0.3, -0.25) is 4.79 Å². The number of oxime groups is 1. The zero-order chi connectivity index (χ0) is 19.2. The van der Waals surface area contributed by atoms with Crippen LogP contribution in [0.15, 0.2) is 5.16 Å². The number of carbonyl (C=O) groups excluding carboxylic acids is 1. The Morgan fingerprint density at radius 3 is 2.63 bits per heavy atom. The fourth-order valence-corrected chi connectivity index (χ4v) is 7.92. The first-order valence-electron chi connectivity index (χ1n) is 11.4. The van der Waals surface area contributed by atoms with Crippen molar-refractivity contribution in [2.24, 2.45) is 51.3 Å². The van der Waals surface area contributed by atoms with Crippen LogP contribution in [-0.4, -0.2) is 24.6 Å². The summed E-state index contributed by atoms with van der Waals surface area (Å²) in [5, 5.41) is 4.52. The van der Waals surface area contributed by atoms with Crippen molar-refractivity contribution in [1.29, 1.82) is 0 Å². The molecular formula is C23H38N2O2. The van der Waals surface area contributed by atoms with Crippen molar-refractivity contribution in [1.82, 2.24) is 0 Å². The van der Waals surface area contributed by atoms with Gasteiger partial charge >= 0.3 is 0 Å². The van der Waals surface area contributed by atoms with Crippen LogP contribution in [0.2, 0.25) is 0 Å². The molecule has 27 heavy (non-hydrogen) atoms. The molecule has 0 heterocycles. The van der Waals surface area contributed by atoms with E-state index < -0.39 is 0 Å². The summed E-state index contributed by atoms with van der Waals surface area (Å²) in [6, 6.07) is 0. The van der Waals surface area contributed by atoms with Crippen molar-refractivity contribution in [2.45, 2.75) is 78.6 Å². The molecule has 0 saturated heterocycles. The Labute approximate surface area is 164 Å². The summed E-state index contributed by atoms with van der Waals surface area (Å²) in [5.74, 6) is 4.03. The van der Waals surface area contributed by atoms with E-state index in [0.717, 1.165) is 49.9 Å². The van der Waals surface area contributed by atoms with Crippen LogP contribution >= 0.6 is 0 Å². The van der Waals surface area contributed by atoms with Crippen LogP contribution in [0.25, 0.3) is 0 Å². The molecule has 7 atom stereocenters. The average Bonchev–Trinajstić information content (AvgIpc) is 2.97. The highest BCUT2D eigenvalue weighted by Crippen LogP contribution is 2.66. The molecule has 0 aromatic rings. The van der Waals surface area contributed by atoms with Gasteiger partial charge in [-0.25, -0.2) is 0 Å². The highest BCUT2D eigenvalue weighted by Gasteiger charge is 2.61. The Morgan fingerprint density at radius 2 is 1.89 bits per heavy atom. The van der Waals surface area contributed by atoms with Crippen molar-refractivity contribution in [3.05, 3.63) is 0 Å². The van der Waals surface area contributed by atoms with Crippen molar-refractivity contribution in [2.75, 3.05) is 13.2 Å². The third-order valence-electron chi connectivity index (χ3n) is 9.32. The SMILES string of the molecule is CCC1C(=NOCCN)CC[C@@]2(C)C1CC[C@@H]1[C@@H]2CC[C@]2(C)C(=O)CC[C@@H]12. The number of nitrogens with two attached hydrogens (primary N) is 1. The number of hydrogen-bond acceptors (Lipinski definition) is 4. The lowest BCUT2D eigenvalue weighted by Gasteiger charge is -2.61. The maximum absolute atomic E-state index is 12.6. The molecule has 4 saturated carbocycles. The first-order valence-corrected chi connectivity index (χ1v) is 11.4. The molecule has 0 amide bonds. The number of hydrogen-bond donors (Lipinski definition) is 1. The molecule has 4 fully saturated rings. The number of ketones is 1. The molecule has 2 unspecified atom stereocenters. The quantitative estimate of drug-likeness (QED) is 0.579. The number of rotatable bonds is 4. The largest absolute Gasteiger partial charge is 0.394 e. The van der Waals surface area contributed by atoms with Crippen LogP contribution in [0.1, 0.15) is 78.6 Å². The number of carbonyl (C=O) groups is 1. The lowest BCUT2D eigenvalue weighted by molar-refractivity contribution is -0.138. The van der Waals surface area contributed by atoms with Crippen LogP contribution in [0.3, 0.4) is 0 Å². The average molecular weight is 375 g/mol. The zero-order valence-corrected chi connectivity index (χ0v) is 17.5. The predicted octanol–water partition coefficient (Wildman–Crippen LogP) is 4.57. The fourth-order valence-electron chi connectivity index (χ4n) is 7.92. The lowest BCUT2D eigenvalue weighted by atomic mass is 9.43. The van der Waals surface area contributed by atoms with Crippen molar-refractivity contribution < 1.29 is 9.63 Å². The summed E-state index contributed by atoms with van der Waals surface area (Å²) < 4.78 is 0. The lowest BCUT2D eigenvalue weighted by Crippen LogP contribution is -2.56. The smallest absolute Gasteiger partial charge is 0.139 e. The minimum absolute atomic E-state index is 0.00807. The molecule has 4 rings (SSSR count). The van der Waals surface area contributed by atoms with Crippen LogP contribution in [-0.2, 0) is 9.63 Å². The molecule has 0 spiro atoms. The Kier molecular flexibility index (Phi) is 5.15. The van der Waals surface area contributed by atoms with Crippen LogP contribution in [0, 0.1) is 40.4 Å². The van der Waals surface area contributed by atoms with Gasteiger partial charge in [-0.2, -0.15) is 0 Å². The normalized spacial score (nSPS) is 48.1. The van der Waals surface area contributed by atoms with E-state index in [2.05, 4.69) is 25.9 Å². The second-order valence-corrected chi connectivity index (χ2v) is 10.2. The first kappa shape index (κ1) is 19.4. The second kappa shape index (κ2) is 7.17. The van der Waals surface area contributed by atoms with Crippen molar-refractivity contribution in [3.8, 4) is 0 Å². The van der Waals surface area contributed by atoms with E-state index in [1.54, 1.807) is 0 Å². The Balaban J connectivity index is 1.58. The van der Waals surface area contributed by atoms with E-state index in [4.69, 9.17) is 10.6 Å². The minimum atomic E-state index is -0.00807. The topological polar surface area (TPSA) is 64.7 Å². The summed E-state index contributed by atoms with van der Waals surface area (Å²) >= 11 is 0. The monoisotopic (exact) mass is 374 g/mol. The minimum Gasteiger partial charge on any atom is -0.394 e. The van der Waals surface area contributed by atoms with E-state index in [0.29, 0.717) is 36.2 Å². The molecule has 0 radical (unpaired) electrons. The Bertz CT molecular complexity index is 617. The van der Waals surface area contributed by atoms with Gasteiger partial charge < -0.3 is 10.6 Å². The highest BCUT2D eigenvalue weighted by molar-refractivity contribution is 5.88. The molecule has 4 aliphatic carbocycles. The van der Waals surface area contributed by atoms with Crippen LogP contribution < -0.4 is 5.73 Å². The molecule has 0 aromatic carbocycles. The van der Waals surface area contributed by atoms with E-state index >= 15 is 0 Å². The second-order valence-electron chi connectivity index (χ2n) is 10.2. The van der Waals surface area contributed by atoms with Gasteiger partial charge in [0.25, 0.3) is 0 Å². The number of Topliss-reactive ketones (excluding diaryl/α,β-unsaturated/α-hetero) is 1. The van der Waals surface area contributed by atoms with Gasteiger partial charge in [-0.15, -0.1) is 0 Å². The van der Waals surface area contributed by atoms with Crippen LogP contribution in [0.4, 0.5) is 0 Å². The van der Waals surface area contributed by atoms with E-state index in [-0.39, 0.29) is 5.41 Å². The highest BCUT2D eigenvalue weighted by atomic mass is 16.6. The molecular weight excluding hydrogens is 336 g/mol. The summed E-state index contributed by atoms with van der Waals surface area (Å²) in [6.45, 7) is 8.22. The van der Waals surface area contributed by atoms with Gasteiger partial charge in [0.2, 0.25) is 0 Å². The van der Waals surface area contributed by atoms with Crippen molar-refractivity contribution in [3.63, 3.8) is 0 Å². The van der Waals surface area contributed by atoms with Gasteiger partial charge in [-0.05, 0) is 80.5 Å². The fraction of sp³-hybridized carbons (Fsp3) is 0.913. The molecule has 0 aliphatic heterocycles. The Hall–Kier alpha value is -0.900. The number of fused-ring (bicyclic) bond motifs is 5. The molecule has 152 valence electrons. The third-order valence-corrected chi connectivity index (χ3v) is 9.32. The standard InChI is InChI=1S/C23H38N2O2/c1-4-15-17-6-5-16-18-7-8-21(26)23(18,3)11-9-19(16)22(17,2)12-10-20(15)25-27-14-13-24/h15-19H,4-14,24H2,1-3H3/t15?,16-,17?,18-,19-,22-,23-/m0/s1. The predicted molar refractivity (Wildman–Crippen MR) is 108 cm³/mol. The summed E-state index contributed by atoms with van der Waals surface area (Å²) in [7, 11) is 0. The van der Waals surface area contributed by atoms with E-state index in [9.17, 15) is 4.79 Å². The number of nitrogens with zero attached hydrogens (tertiary/aromatic N) is 1. The summed E-state index contributed by atoms with van der Waals surface area (Å²) in [6.07, 6.45) is 10.4. The van der Waals surface area contributed by atoms with Gasteiger partial charge in [0.15, 0.2) is 0 Å². The molecule has 4 heteroatoms. The summed E-state index contributed by atoms with van der Waals surface area (Å²) in [4.78, 5) is 18.1. The molecule has 0 bridgehead atoms. The molecule has 0 aromatic heterocycles. The van der Waals surface area contributed by atoms with Gasteiger partial charge in [0.05, 0.1) is 5.71 Å². The zero-order valence-electron chi connectivity index (χ0n) is 17.5. The summed E-state index contributed by atoms with van der Waals surface area (Å²) in [5.41, 5.74) is 7.24. The van der Waals surface area contributed by atoms with Crippen molar-refractivity contribution >= 4 is 11.5 Å². The van der Waals surface area contributed by atoms with Gasteiger partial charge in [0, 0.05) is 24.3 Å². The molecule has 2 N–H and O–H groups in total. The molecule has 4 aliphatic rings. The maximum Gasteiger partial charge on any atom is 0.139 e. The van der Waals surface area contributed by atoms with Gasteiger partial charge in [0.1, 0.15) is 12.4 Å². The van der Waals surface area contributed by atoms with Crippen LogP contribution in [0.5, 0.6) is 0 Å². The van der Waals surface area contributed by atoms with Gasteiger partial charge in [-0.1, -0.05) is 25.9 Å². The first-order chi connectivity index (χ1) is 13.0. The van der Waals surface area contributed by atoms with E-state index in [1.807, 2.05) is 0 Å². The molecule has 4 nitrogen and oxygen atoms in total. The maximum atomic E-state index is 12.6. The Morgan fingerprint density at radius 1 is 1.07 bits per heavy atom. The third kappa shape index (κ3) is 2.89.